The first-order valence-electron chi connectivity index (χ1n) is 12.7. The molecular formula is C29H36F2N2O4S+2. The molecule has 0 amide bonds. The lowest BCUT2D eigenvalue weighted by atomic mass is 9.96. The summed E-state index contributed by atoms with van der Waals surface area (Å²) in [6, 6.07) is 18.9. The van der Waals surface area contributed by atoms with Crippen LogP contribution < -0.4 is 9.80 Å². The minimum Gasteiger partial charge on any atom is -0.391 e. The summed E-state index contributed by atoms with van der Waals surface area (Å²) in [5.41, 5.74) is 3.85. The SMILES string of the molecule is Cc1ccc(S(=O)(=O)O)cc1.OCC[NH+]1CC[NH+](CCC=C(c2ccc(F)cc2)c2ccc(F)cc2)CC1. The van der Waals surface area contributed by atoms with Gasteiger partial charge in [0.15, 0.2) is 0 Å². The number of nitrogens with one attached hydrogen (secondary N) is 2. The van der Waals surface area contributed by atoms with E-state index >= 15 is 0 Å². The van der Waals surface area contributed by atoms with Crippen molar-refractivity contribution >= 4 is 15.7 Å². The molecule has 1 aliphatic heterocycles. The van der Waals surface area contributed by atoms with E-state index in [0.717, 1.165) is 68.0 Å². The number of hydrogen-bond acceptors (Lipinski definition) is 3. The summed E-state index contributed by atoms with van der Waals surface area (Å²) >= 11 is 0. The monoisotopic (exact) mass is 546 g/mol. The molecule has 0 aliphatic carbocycles. The molecule has 0 bridgehead atoms. The number of piperazine rings is 1. The highest BCUT2D eigenvalue weighted by molar-refractivity contribution is 7.85. The van der Waals surface area contributed by atoms with Gasteiger partial charge in [0.05, 0.1) is 18.0 Å². The molecule has 0 atom stereocenters. The molecule has 0 aromatic heterocycles. The van der Waals surface area contributed by atoms with Gasteiger partial charge in [0.2, 0.25) is 0 Å². The predicted molar refractivity (Wildman–Crippen MR) is 144 cm³/mol. The first kappa shape index (κ1) is 29.6. The van der Waals surface area contributed by atoms with E-state index in [0.29, 0.717) is 0 Å². The minimum atomic E-state index is -4.02. The molecular weight excluding hydrogens is 510 g/mol. The number of aliphatic hydroxyl groups excluding tert-OH is 1. The van der Waals surface area contributed by atoms with E-state index in [1.54, 1.807) is 41.3 Å². The molecule has 0 unspecified atom stereocenters. The van der Waals surface area contributed by atoms with Gasteiger partial charge in [-0.15, -0.1) is 0 Å². The highest BCUT2D eigenvalue weighted by Gasteiger charge is 2.21. The van der Waals surface area contributed by atoms with Crippen LogP contribution in [0.15, 0.2) is 83.8 Å². The maximum absolute atomic E-state index is 13.3. The average Bonchev–Trinajstić information content (AvgIpc) is 2.89. The normalized spacial score (nSPS) is 17.3. The van der Waals surface area contributed by atoms with Crippen molar-refractivity contribution in [1.82, 2.24) is 0 Å². The third kappa shape index (κ3) is 9.41. The molecule has 38 heavy (non-hydrogen) atoms. The fourth-order valence-electron chi connectivity index (χ4n) is 4.41. The maximum atomic E-state index is 13.3. The van der Waals surface area contributed by atoms with E-state index < -0.39 is 10.1 Å². The van der Waals surface area contributed by atoms with Crippen molar-refractivity contribution in [3.05, 3.63) is 107 Å². The number of benzene rings is 3. The molecule has 1 heterocycles. The molecule has 0 saturated carbocycles. The van der Waals surface area contributed by atoms with Gasteiger partial charge in [0.1, 0.15) is 44.4 Å². The van der Waals surface area contributed by atoms with Crippen LogP contribution in [0.4, 0.5) is 8.78 Å². The summed E-state index contributed by atoms with van der Waals surface area (Å²) in [7, 11) is -4.02. The summed E-state index contributed by atoms with van der Waals surface area (Å²) in [5.74, 6) is -0.519. The van der Waals surface area contributed by atoms with Gasteiger partial charge in [-0.25, -0.2) is 8.78 Å². The Morgan fingerprint density at radius 2 is 1.24 bits per heavy atom. The second-order valence-electron chi connectivity index (χ2n) is 9.43. The number of halogens is 2. The highest BCUT2D eigenvalue weighted by Crippen LogP contribution is 2.24. The van der Waals surface area contributed by atoms with Crippen LogP contribution in [0.25, 0.3) is 5.57 Å². The summed E-state index contributed by atoms with van der Waals surface area (Å²) in [6.07, 6.45) is 3.09. The van der Waals surface area contributed by atoms with Crippen LogP contribution in [0.2, 0.25) is 0 Å². The van der Waals surface area contributed by atoms with Crippen molar-refractivity contribution < 1.29 is 36.7 Å². The number of quaternary nitrogens is 2. The smallest absolute Gasteiger partial charge is 0.294 e. The number of aryl methyl sites for hydroxylation is 1. The molecule has 204 valence electrons. The topological polar surface area (TPSA) is 83.5 Å². The van der Waals surface area contributed by atoms with E-state index in [1.807, 2.05) is 6.92 Å². The Morgan fingerprint density at radius 1 is 0.789 bits per heavy atom. The van der Waals surface area contributed by atoms with Gasteiger partial charge in [-0.1, -0.05) is 48.0 Å². The van der Waals surface area contributed by atoms with Gasteiger partial charge in [0, 0.05) is 6.42 Å². The Kier molecular flexibility index (Phi) is 11.1. The molecule has 3 aromatic carbocycles. The van der Waals surface area contributed by atoms with Crippen molar-refractivity contribution in [2.45, 2.75) is 18.2 Å². The summed E-state index contributed by atoms with van der Waals surface area (Å²) in [6.45, 7) is 8.41. The fourth-order valence-corrected chi connectivity index (χ4v) is 4.89. The fraction of sp³-hybridized carbons (Fsp3) is 0.310. The largest absolute Gasteiger partial charge is 0.391 e. The van der Waals surface area contributed by atoms with Crippen LogP contribution >= 0.6 is 0 Å². The van der Waals surface area contributed by atoms with Gasteiger partial charge < -0.3 is 14.9 Å². The van der Waals surface area contributed by atoms with Crippen molar-refractivity contribution in [1.29, 1.82) is 0 Å². The van der Waals surface area contributed by atoms with Crippen molar-refractivity contribution in [2.24, 2.45) is 0 Å². The Labute approximate surface area is 223 Å². The number of rotatable bonds is 8. The Balaban J connectivity index is 0.000000304. The third-order valence-electron chi connectivity index (χ3n) is 6.61. The molecule has 1 fully saturated rings. The van der Waals surface area contributed by atoms with Gasteiger partial charge >= 0.3 is 0 Å². The maximum Gasteiger partial charge on any atom is 0.294 e. The molecule has 4 N–H and O–H groups in total. The molecule has 4 rings (SSSR count). The average molecular weight is 547 g/mol. The lowest BCUT2D eigenvalue weighted by Crippen LogP contribution is -3.28. The van der Waals surface area contributed by atoms with Crippen LogP contribution in [-0.4, -0.2) is 64.0 Å². The molecule has 0 spiro atoms. The second kappa shape index (κ2) is 14.3. The summed E-state index contributed by atoms with van der Waals surface area (Å²) < 4.78 is 56.1. The second-order valence-corrected chi connectivity index (χ2v) is 10.9. The molecule has 0 radical (unpaired) electrons. The van der Waals surface area contributed by atoms with Crippen molar-refractivity contribution in [3.8, 4) is 0 Å². The molecule has 9 heteroatoms. The van der Waals surface area contributed by atoms with Gasteiger partial charge in [-0.3, -0.25) is 4.55 Å². The summed E-state index contributed by atoms with van der Waals surface area (Å²) in [5, 5.41) is 9.06. The first-order valence-corrected chi connectivity index (χ1v) is 14.1. The quantitative estimate of drug-likeness (QED) is 0.325. The molecule has 3 aromatic rings. The third-order valence-corrected chi connectivity index (χ3v) is 7.47. The summed E-state index contributed by atoms with van der Waals surface area (Å²) in [4.78, 5) is 2.99. The van der Waals surface area contributed by atoms with Crippen LogP contribution in [-0.2, 0) is 10.1 Å². The highest BCUT2D eigenvalue weighted by atomic mass is 32.2. The van der Waals surface area contributed by atoms with Gasteiger partial charge in [-0.05, 0) is 60.0 Å². The minimum absolute atomic E-state index is 0.0666. The zero-order valence-electron chi connectivity index (χ0n) is 21.5. The van der Waals surface area contributed by atoms with Crippen LogP contribution in [0.1, 0.15) is 23.1 Å². The lowest BCUT2D eigenvalue weighted by molar-refractivity contribution is -1.01. The van der Waals surface area contributed by atoms with E-state index in [4.69, 9.17) is 9.66 Å². The molecule has 1 aliphatic rings. The zero-order valence-corrected chi connectivity index (χ0v) is 22.4. The van der Waals surface area contributed by atoms with Crippen LogP contribution in [0, 0.1) is 18.6 Å². The zero-order chi connectivity index (χ0) is 27.5. The predicted octanol–water partition coefficient (Wildman–Crippen LogP) is 1.80. The molecule has 1 saturated heterocycles. The van der Waals surface area contributed by atoms with Crippen molar-refractivity contribution in [2.75, 3.05) is 45.9 Å². The van der Waals surface area contributed by atoms with E-state index in [2.05, 4.69) is 6.08 Å². The molecule has 6 nitrogen and oxygen atoms in total. The van der Waals surface area contributed by atoms with Crippen LogP contribution in [0.3, 0.4) is 0 Å². The Bertz CT molecular complexity index is 1220. The number of aliphatic hydroxyl groups is 1. The van der Waals surface area contributed by atoms with Crippen LogP contribution in [0.5, 0.6) is 0 Å². The van der Waals surface area contributed by atoms with Gasteiger partial charge in [-0.2, -0.15) is 8.42 Å². The Morgan fingerprint density at radius 3 is 1.66 bits per heavy atom. The lowest BCUT2D eigenvalue weighted by Gasteiger charge is -2.29. The van der Waals surface area contributed by atoms with Gasteiger partial charge in [0.25, 0.3) is 10.1 Å². The van der Waals surface area contributed by atoms with E-state index in [-0.39, 0.29) is 23.1 Å². The standard InChI is InChI=1S/C22H26F2N2O.C7H8O3S/c23-20-7-3-18(4-8-20)22(19-5-9-21(24)10-6-19)2-1-11-25-12-14-26(15-13-25)16-17-27;1-6-2-4-7(5-3-6)11(8,9)10/h2-10,27H,1,11-17H2;2-5H,1H3,(H,8,9,10)/p+2. The first-order chi connectivity index (χ1) is 18.2. The number of hydrogen-bond donors (Lipinski definition) is 4. The van der Waals surface area contributed by atoms with E-state index in [9.17, 15) is 17.2 Å². The van der Waals surface area contributed by atoms with E-state index in [1.165, 1.54) is 41.3 Å². The Hall–Kier alpha value is -2.95. The van der Waals surface area contributed by atoms with Crippen molar-refractivity contribution in [3.63, 3.8) is 0 Å².